The van der Waals surface area contributed by atoms with Gasteiger partial charge in [0.05, 0.1) is 12.2 Å². The van der Waals surface area contributed by atoms with Crippen molar-refractivity contribution in [1.82, 2.24) is 19.5 Å². The third-order valence-electron chi connectivity index (χ3n) is 4.42. The maximum atomic E-state index is 12.3. The minimum absolute atomic E-state index is 0.106. The number of nitrogens with zero attached hydrogens (tertiary/aromatic N) is 5. The molecule has 1 saturated heterocycles. The van der Waals surface area contributed by atoms with Crippen molar-refractivity contribution >= 4 is 27.5 Å². The Kier molecular flexibility index (Phi) is 6.22. The Hall–Kier alpha value is -2.47. The smallest absolute Gasteiger partial charge is 0.352 e. The van der Waals surface area contributed by atoms with Gasteiger partial charge in [0, 0.05) is 32.4 Å². The number of hydrogen-bond acceptors (Lipinski definition) is 7. The molecule has 8 nitrogen and oxygen atoms in total. The van der Waals surface area contributed by atoms with E-state index < -0.39 is 28.4 Å². The van der Waals surface area contributed by atoms with Gasteiger partial charge in [-0.1, -0.05) is 6.07 Å². The number of aromatic nitrogens is 3. The van der Waals surface area contributed by atoms with Crippen LogP contribution in [0.25, 0.3) is 0 Å². The zero-order valence-electron chi connectivity index (χ0n) is 15.7. The highest BCUT2D eigenvalue weighted by atomic mass is 32.2. The Balaban J connectivity index is 1.54. The van der Waals surface area contributed by atoms with E-state index in [4.69, 9.17) is 0 Å². The van der Waals surface area contributed by atoms with E-state index in [1.54, 1.807) is 18.3 Å². The number of aryl methyl sites for hydroxylation is 1. The van der Waals surface area contributed by atoms with Crippen LogP contribution in [0.15, 0.2) is 30.5 Å². The van der Waals surface area contributed by atoms with Gasteiger partial charge in [-0.15, -0.1) is 10.2 Å². The molecule has 0 spiro atoms. The number of rotatable bonds is 6. The van der Waals surface area contributed by atoms with Gasteiger partial charge in [0.15, 0.2) is 11.6 Å². The number of halogens is 3. The van der Waals surface area contributed by atoms with Gasteiger partial charge in [-0.25, -0.2) is 13.4 Å². The van der Waals surface area contributed by atoms with E-state index in [1.807, 2.05) is 24.0 Å². The first-order valence-corrected chi connectivity index (χ1v) is 10.6. The maximum absolute atomic E-state index is 12.3. The van der Waals surface area contributed by atoms with Gasteiger partial charge < -0.3 is 10.2 Å². The molecule has 0 radical (unpaired) electrons. The van der Waals surface area contributed by atoms with Crippen LogP contribution < -0.4 is 10.2 Å². The number of pyridine rings is 1. The SMILES string of the molecule is Cc1ccc(Nc2ccc(N3CCN(S(=O)(=O)CCC(F)(F)F)CC3)nn2)nc1. The molecule has 2 aromatic rings. The second-order valence-electron chi connectivity index (χ2n) is 6.69. The standard InChI is InChI=1S/C17H21F3N6O2S/c1-13-2-3-14(21-12-13)22-15-4-5-16(24-23-15)25-7-9-26(10-8-25)29(27,28)11-6-17(18,19)20/h2-5,12H,6-11H2,1H3,(H,21,22,23). The molecule has 1 aliphatic rings. The second kappa shape index (κ2) is 8.49. The third-order valence-corrected chi connectivity index (χ3v) is 6.29. The van der Waals surface area contributed by atoms with E-state index in [1.165, 1.54) is 0 Å². The Morgan fingerprint density at radius 1 is 1.03 bits per heavy atom. The predicted octanol–water partition coefficient (Wildman–Crippen LogP) is 2.33. The monoisotopic (exact) mass is 430 g/mol. The summed E-state index contributed by atoms with van der Waals surface area (Å²) in [6.07, 6.45) is -4.11. The summed E-state index contributed by atoms with van der Waals surface area (Å²) in [6, 6.07) is 7.22. The number of hydrogen-bond donors (Lipinski definition) is 1. The van der Waals surface area contributed by atoms with Crippen LogP contribution in [0.3, 0.4) is 0 Å². The summed E-state index contributed by atoms with van der Waals surface area (Å²) < 4.78 is 62.2. The molecule has 3 heterocycles. The van der Waals surface area contributed by atoms with Crippen molar-refractivity contribution < 1.29 is 21.6 Å². The molecule has 0 bridgehead atoms. The summed E-state index contributed by atoms with van der Waals surface area (Å²) in [5.41, 5.74) is 1.04. The zero-order chi connectivity index (χ0) is 21.1. The van der Waals surface area contributed by atoms with E-state index >= 15 is 0 Å². The fourth-order valence-corrected chi connectivity index (χ4v) is 4.27. The Labute approximate surface area is 166 Å². The van der Waals surface area contributed by atoms with Crippen molar-refractivity contribution in [2.45, 2.75) is 19.5 Å². The molecular formula is C17H21F3N6O2S. The Morgan fingerprint density at radius 2 is 1.72 bits per heavy atom. The average molecular weight is 430 g/mol. The molecule has 0 unspecified atom stereocenters. The number of alkyl halides is 3. The summed E-state index contributed by atoms with van der Waals surface area (Å²) in [6.45, 7) is 2.80. The van der Waals surface area contributed by atoms with Gasteiger partial charge in [-0.3, -0.25) is 0 Å². The molecule has 0 amide bonds. The summed E-state index contributed by atoms with van der Waals surface area (Å²) in [4.78, 5) is 6.07. The molecule has 0 aromatic carbocycles. The van der Waals surface area contributed by atoms with Gasteiger partial charge in [-0.2, -0.15) is 17.5 Å². The van der Waals surface area contributed by atoms with Gasteiger partial charge in [0.25, 0.3) is 0 Å². The van der Waals surface area contributed by atoms with Crippen molar-refractivity contribution in [2.75, 3.05) is 42.1 Å². The molecule has 2 aromatic heterocycles. The summed E-state index contributed by atoms with van der Waals surface area (Å²) >= 11 is 0. The molecule has 3 rings (SSSR count). The zero-order valence-corrected chi connectivity index (χ0v) is 16.5. The molecule has 158 valence electrons. The lowest BCUT2D eigenvalue weighted by atomic mass is 10.3. The topological polar surface area (TPSA) is 91.3 Å². The van der Waals surface area contributed by atoms with Crippen molar-refractivity contribution in [3.8, 4) is 0 Å². The fraction of sp³-hybridized carbons (Fsp3) is 0.471. The van der Waals surface area contributed by atoms with E-state index in [-0.39, 0.29) is 13.1 Å². The van der Waals surface area contributed by atoms with Crippen LogP contribution in [-0.4, -0.2) is 66.0 Å². The van der Waals surface area contributed by atoms with Crippen LogP contribution in [0.1, 0.15) is 12.0 Å². The molecule has 29 heavy (non-hydrogen) atoms. The van der Waals surface area contributed by atoms with Crippen LogP contribution in [0.4, 0.5) is 30.6 Å². The van der Waals surface area contributed by atoms with Gasteiger partial charge in [0.1, 0.15) is 5.82 Å². The van der Waals surface area contributed by atoms with Crippen LogP contribution in [-0.2, 0) is 10.0 Å². The van der Waals surface area contributed by atoms with Crippen molar-refractivity contribution in [2.24, 2.45) is 0 Å². The van der Waals surface area contributed by atoms with Crippen molar-refractivity contribution in [3.05, 3.63) is 36.0 Å². The quantitative estimate of drug-likeness (QED) is 0.752. The van der Waals surface area contributed by atoms with Crippen LogP contribution in [0, 0.1) is 6.92 Å². The average Bonchev–Trinajstić information content (AvgIpc) is 2.69. The van der Waals surface area contributed by atoms with Crippen LogP contribution in [0.2, 0.25) is 0 Å². The van der Waals surface area contributed by atoms with Crippen LogP contribution >= 0.6 is 0 Å². The first kappa shape index (κ1) is 21.2. The minimum atomic E-state index is -4.49. The second-order valence-corrected chi connectivity index (χ2v) is 8.78. The normalized spacial score (nSPS) is 16.1. The summed E-state index contributed by atoms with van der Waals surface area (Å²) in [5.74, 6) is 0.789. The van der Waals surface area contributed by atoms with Crippen molar-refractivity contribution in [3.63, 3.8) is 0 Å². The van der Waals surface area contributed by atoms with E-state index in [9.17, 15) is 21.6 Å². The summed E-state index contributed by atoms with van der Waals surface area (Å²) in [7, 11) is -3.93. The Bertz CT molecular complexity index is 912. The maximum Gasteiger partial charge on any atom is 0.390 e. The predicted molar refractivity (Wildman–Crippen MR) is 103 cm³/mol. The lowest BCUT2D eigenvalue weighted by molar-refractivity contribution is -0.130. The largest absolute Gasteiger partial charge is 0.390 e. The molecule has 0 saturated carbocycles. The molecule has 1 fully saturated rings. The molecule has 1 N–H and O–H groups in total. The van der Waals surface area contributed by atoms with Gasteiger partial charge in [0.2, 0.25) is 10.0 Å². The molecule has 12 heteroatoms. The third kappa shape index (κ3) is 6.00. The molecule has 0 aliphatic carbocycles. The van der Waals surface area contributed by atoms with E-state index in [2.05, 4.69) is 20.5 Å². The lowest BCUT2D eigenvalue weighted by Gasteiger charge is -2.34. The fourth-order valence-electron chi connectivity index (χ4n) is 2.80. The highest BCUT2D eigenvalue weighted by Gasteiger charge is 2.33. The molecular weight excluding hydrogens is 409 g/mol. The first-order chi connectivity index (χ1) is 13.6. The number of sulfonamides is 1. The summed E-state index contributed by atoms with van der Waals surface area (Å²) in [5, 5.41) is 11.3. The van der Waals surface area contributed by atoms with E-state index in [0.717, 1.165) is 9.87 Å². The number of anilines is 3. The highest BCUT2D eigenvalue weighted by molar-refractivity contribution is 7.89. The van der Waals surface area contributed by atoms with Gasteiger partial charge >= 0.3 is 6.18 Å². The number of piperazine rings is 1. The van der Waals surface area contributed by atoms with E-state index in [0.29, 0.717) is 30.5 Å². The first-order valence-electron chi connectivity index (χ1n) is 8.95. The highest BCUT2D eigenvalue weighted by Crippen LogP contribution is 2.22. The molecule has 1 aliphatic heterocycles. The van der Waals surface area contributed by atoms with Crippen LogP contribution in [0.5, 0.6) is 0 Å². The van der Waals surface area contributed by atoms with Crippen molar-refractivity contribution in [1.29, 1.82) is 0 Å². The Morgan fingerprint density at radius 3 is 2.28 bits per heavy atom. The molecule has 0 atom stereocenters. The van der Waals surface area contributed by atoms with Gasteiger partial charge in [-0.05, 0) is 30.7 Å². The number of nitrogens with one attached hydrogen (secondary N) is 1. The lowest BCUT2D eigenvalue weighted by Crippen LogP contribution is -2.49. The minimum Gasteiger partial charge on any atom is -0.352 e.